The molecule has 9 nitrogen and oxygen atoms in total. The molecule has 2 N–H and O–H groups in total. The summed E-state index contributed by atoms with van der Waals surface area (Å²) in [5, 5.41) is 11.0. The quantitative estimate of drug-likeness (QED) is 0.348. The van der Waals surface area contributed by atoms with E-state index in [0.717, 1.165) is 83.7 Å². The zero-order valence-electron chi connectivity index (χ0n) is 17.4. The van der Waals surface area contributed by atoms with E-state index in [-0.39, 0.29) is 0 Å². The number of nitrogens with one attached hydrogen (secondary N) is 2. The fourth-order valence-corrected chi connectivity index (χ4v) is 3.33. The summed E-state index contributed by atoms with van der Waals surface area (Å²) in [5.41, 5.74) is 0. The van der Waals surface area contributed by atoms with Crippen LogP contribution in [0.1, 0.15) is 19.8 Å². The number of guanidine groups is 1. The van der Waals surface area contributed by atoms with Gasteiger partial charge in [0.15, 0.2) is 5.96 Å². The van der Waals surface area contributed by atoms with E-state index in [9.17, 15) is 0 Å². The van der Waals surface area contributed by atoms with Crippen molar-refractivity contribution in [2.24, 2.45) is 4.99 Å². The Balaban J connectivity index is 1.29. The second-order valence-electron chi connectivity index (χ2n) is 7.04. The van der Waals surface area contributed by atoms with E-state index in [1.165, 1.54) is 0 Å². The van der Waals surface area contributed by atoms with Gasteiger partial charge in [-0.3, -0.25) is 14.6 Å². The lowest BCUT2D eigenvalue weighted by Gasteiger charge is -2.34. The average Bonchev–Trinajstić information content (AvgIpc) is 3.29. The monoisotopic (exact) mass is 399 g/mol. The minimum absolute atomic E-state index is 0.790. The number of piperazine rings is 1. The maximum absolute atomic E-state index is 4.66. The van der Waals surface area contributed by atoms with Gasteiger partial charge in [-0.1, -0.05) is 0 Å². The lowest BCUT2D eigenvalue weighted by Crippen LogP contribution is -2.47. The van der Waals surface area contributed by atoms with Crippen LogP contribution in [0.25, 0.3) is 0 Å². The van der Waals surface area contributed by atoms with Crippen LogP contribution in [-0.4, -0.2) is 83.0 Å². The van der Waals surface area contributed by atoms with Crippen molar-refractivity contribution in [2.75, 3.05) is 57.3 Å². The van der Waals surface area contributed by atoms with Gasteiger partial charge in [-0.25, -0.2) is 9.97 Å². The smallest absolute Gasteiger partial charge is 0.225 e. The average molecular weight is 400 g/mol. The summed E-state index contributed by atoms with van der Waals surface area (Å²) in [6, 6.07) is 3.81. The van der Waals surface area contributed by atoms with Crippen molar-refractivity contribution >= 4 is 11.9 Å². The summed E-state index contributed by atoms with van der Waals surface area (Å²) in [4.78, 5) is 18.1. The van der Waals surface area contributed by atoms with Crippen LogP contribution in [0.3, 0.4) is 0 Å². The van der Waals surface area contributed by atoms with Crippen molar-refractivity contribution < 1.29 is 0 Å². The van der Waals surface area contributed by atoms with Gasteiger partial charge < -0.3 is 15.5 Å². The molecule has 0 bridgehead atoms. The fourth-order valence-electron chi connectivity index (χ4n) is 3.33. The Labute approximate surface area is 173 Å². The molecule has 0 aliphatic carbocycles. The standard InChI is InChI=1S/C20H33N9/c1-2-21-19(23-10-5-13-29-14-6-11-26-29)22-9-4-12-27-15-17-28(18-16-27)20-24-7-3-8-25-20/h3,6-8,11,14H,2,4-5,9-10,12-13,15-18H2,1H3,(H2,21,22,23). The summed E-state index contributed by atoms with van der Waals surface area (Å²) >= 11 is 0. The number of hydrogen-bond donors (Lipinski definition) is 2. The lowest BCUT2D eigenvalue weighted by atomic mass is 10.3. The van der Waals surface area contributed by atoms with E-state index < -0.39 is 0 Å². The molecule has 29 heavy (non-hydrogen) atoms. The zero-order valence-corrected chi connectivity index (χ0v) is 17.4. The largest absolute Gasteiger partial charge is 0.357 e. The molecule has 3 heterocycles. The van der Waals surface area contributed by atoms with E-state index in [1.54, 1.807) is 12.4 Å². The lowest BCUT2D eigenvalue weighted by molar-refractivity contribution is 0.254. The third-order valence-corrected chi connectivity index (χ3v) is 4.87. The van der Waals surface area contributed by atoms with Crippen molar-refractivity contribution in [3.8, 4) is 0 Å². The molecule has 0 radical (unpaired) electrons. The first-order valence-electron chi connectivity index (χ1n) is 10.6. The predicted octanol–water partition coefficient (Wildman–Crippen LogP) is 0.831. The Morgan fingerprint density at radius 3 is 2.55 bits per heavy atom. The molecule has 0 amide bonds. The Morgan fingerprint density at radius 2 is 1.83 bits per heavy atom. The molecule has 2 aromatic rings. The maximum Gasteiger partial charge on any atom is 0.225 e. The van der Waals surface area contributed by atoms with E-state index in [4.69, 9.17) is 0 Å². The van der Waals surface area contributed by atoms with Crippen molar-refractivity contribution in [3.63, 3.8) is 0 Å². The van der Waals surface area contributed by atoms with Gasteiger partial charge in [-0.2, -0.15) is 5.10 Å². The Kier molecular flexibility index (Phi) is 8.71. The predicted molar refractivity (Wildman–Crippen MR) is 116 cm³/mol. The second-order valence-corrected chi connectivity index (χ2v) is 7.04. The first-order valence-corrected chi connectivity index (χ1v) is 10.6. The molecule has 1 saturated heterocycles. The van der Waals surface area contributed by atoms with Crippen LogP contribution in [0, 0.1) is 0 Å². The van der Waals surface area contributed by atoms with Crippen molar-refractivity contribution in [2.45, 2.75) is 26.3 Å². The van der Waals surface area contributed by atoms with Crippen molar-refractivity contribution in [1.29, 1.82) is 0 Å². The molecule has 9 heteroatoms. The van der Waals surface area contributed by atoms with Crippen LogP contribution in [-0.2, 0) is 6.54 Å². The van der Waals surface area contributed by atoms with Crippen molar-refractivity contribution in [1.82, 2.24) is 35.3 Å². The highest BCUT2D eigenvalue weighted by molar-refractivity contribution is 5.79. The molecule has 158 valence electrons. The minimum atomic E-state index is 0.790. The highest BCUT2D eigenvalue weighted by Gasteiger charge is 2.18. The molecule has 1 aliphatic heterocycles. The van der Waals surface area contributed by atoms with Gasteiger partial charge in [-0.05, 0) is 38.4 Å². The third kappa shape index (κ3) is 7.34. The minimum Gasteiger partial charge on any atom is -0.357 e. The summed E-state index contributed by atoms with van der Waals surface area (Å²) in [6.45, 7) is 10.7. The van der Waals surface area contributed by atoms with Crippen LogP contribution in [0.4, 0.5) is 5.95 Å². The number of hydrogen-bond acceptors (Lipinski definition) is 6. The number of aliphatic imine (C=N–C) groups is 1. The highest BCUT2D eigenvalue weighted by Crippen LogP contribution is 2.09. The SMILES string of the molecule is CCNC(=NCCCn1cccn1)NCCCN1CCN(c2ncccn2)CC1. The van der Waals surface area contributed by atoms with E-state index in [2.05, 4.69) is 47.4 Å². The van der Waals surface area contributed by atoms with Gasteiger partial charge in [0, 0.05) is 77.1 Å². The van der Waals surface area contributed by atoms with Crippen LogP contribution in [0.5, 0.6) is 0 Å². The molecule has 3 rings (SSSR count). The molecule has 0 saturated carbocycles. The molecule has 2 aromatic heterocycles. The normalized spacial score (nSPS) is 15.5. The first-order chi connectivity index (χ1) is 14.3. The Morgan fingerprint density at radius 1 is 1.00 bits per heavy atom. The van der Waals surface area contributed by atoms with Gasteiger partial charge in [0.05, 0.1) is 0 Å². The van der Waals surface area contributed by atoms with Crippen LogP contribution in [0.15, 0.2) is 41.9 Å². The number of nitrogens with zero attached hydrogens (tertiary/aromatic N) is 7. The number of aromatic nitrogens is 4. The summed E-state index contributed by atoms with van der Waals surface area (Å²) in [5.74, 6) is 1.74. The number of anilines is 1. The van der Waals surface area contributed by atoms with Gasteiger partial charge in [-0.15, -0.1) is 0 Å². The van der Waals surface area contributed by atoms with Gasteiger partial charge in [0.1, 0.15) is 0 Å². The number of rotatable bonds is 10. The highest BCUT2D eigenvalue weighted by atomic mass is 15.3. The molecule has 1 fully saturated rings. The van der Waals surface area contributed by atoms with E-state index in [0.29, 0.717) is 0 Å². The summed E-state index contributed by atoms with van der Waals surface area (Å²) < 4.78 is 1.94. The third-order valence-electron chi connectivity index (χ3n) is 4.87. The molecule has 0 aromatic carbocycles. The second kappa shape index (κ2) is 12.0. The molecular formula is C20H33N9. The van der Waals surface area contributed by atoms with E-state index in [1.807, 2.05) is 29.2 Å². The van der Waals surface area contributed by atoms with Gasteiger partial charge >= 0.3 is 0 Å². The molecular weight excluding hydrogens is 366 g/mol. The van der Waals surface area contributed by atoms with Gasteiger partial charge in [0.25, 0.3) is 0 Å². The molecule has 0 unspecified atom stereocenters. The zero-order chi connectivity index (χ0) is 20.2. The Bertz CT molecular complexity index is 694. The molecule has 0 spiro atoms. The first kappa shape index (κ1) is 21.0. The van der Waals surface area contributed by atoms with Crippen LogP contribution >= 0.6 is 0 Å². The van der Waals surface area contributed by atoms with Crippen molar-refractivity contribution in [3.05, 3.63) is 36.9 Å². The van der Waals surface area contributed by atoms with Crippen LogP contribution < -0.4 is 15.5 Å². The summed E-state index contributed by atoms with van der Waals surface area (Å²) in [7, 11) is 0. The Hall–Kier alpha value is -2.68. The fraction of sp³-hybridized carbons (Fsp3) is 0.600. The number of aryl methyl sites for hydroxylation is 1. The van der Waals surface area contributed by atoms with E-state index >= 15 is 0 Å². The molecule has 1 aliphatic rings. The topological polar surface area (TPSA) is 86.5 Å². The maximum atomic E-state index is 4.66. The molecule has 0 atom stereocenters. The van der Waals surface area contributed by atoms with Gasteiger partial charge in [0.2, 0.25) is 5.95 Å². The summed E-state index contributed by atoms with van der Waals surface area (Å²) in [6.07, 6.45) is 9.49. The van der Waals surface area contributed by atoms with Crippen LogP contribution in [0.2, 0.25) is 0 Å².